The second-order valence-electron chi connectivity index (χ2n) is 11.8. The van der Waals surface area contributed by atoms with E-state index in [0.29, 0.717) is 23.1 Å². The smallest absolute Gasteiger partial charge is 0.254 e. The highest BCUT2D eigenvalue weighted by Crippen LogP contribution is 2.35. The highest BCUT2D eigenvalue weighted by atomic mass is 16.2. The zero-order valence-electron chi connectivity index (χ0n) is 22.3. The Morgan fingerprint density at radius 2 is 1.31 bits per heavy atom. The van der Waals surface area contributed by atoms with E-state index in [1.807, 2.05) is 0 Å². The number of carbonyl (C=O) groups is 3. The van der Waals surface area contributed by atoms with Crippen LogP contribution in [0.5, 0.6) is 0 Å². The number of primary amides is 1. The fourth-order valence-corrected chi connectivity index (χ4v) is 6.76. The standard InChI is InChI=1S/C30H45N3O3/c1-20(2)21-13-15-22(16-14-21)29(35)32-25-18-23(28(31)34)17-24(19-25)30(36)33(26-9-5-3-6-10-26)27-11-7-4-8-12-27/h17-22,26-27H,3-16H2,1-2H3,(H2,31,34)(H,32,35). The number of nitrogens with one attached hydrogen (secondary N) is 1. The summed E-state index contributed by atoms with van der Waals surface area (Å²) in [5.41, 5.74) is 6.88. The Balaban J connectivity index is 1.55. The molecule has 3 fully saturated rings. The predicted molar refractivity (Wildman–Crippen MR) is 144 cm³/mol. The number of benzene rings is 1. The summed E-state index contributed by atoms with van der Waals surface area (Å²) in [6, 6.07) is 5.49. The van der Waals surface area contributed by atoms with Crippen LogP contribution in [0.1, 0.15) is 124 Å². The van der Waals surface area contributed by atoms with E-state index in [2.05, 4.69) is 24.1 Å². The normalized spacial score (nSPS) is 23.9. The highest BCUT2D eigenvalue weighted by Gasteiger charge is 2.34. The summed E-state index contributed by atoms with van der Waals surface area (Å²) < 4.78 is 0. The molecule has 3 N–H and O–H groups in total. The maximum absolute atomic E-state index is 14.0. The van der Waals surface area contributed by atoms with Gasteiger partial charge in [0.05, 0.1) is 0 Å². The molecule has 0 saturated heterocycles. The maximum atomic E-state index is 14.0. The molecule has 0 unspecified atom stereocenters. The third-order valence-corrected chi connectivity index (χ3v) is 8.99. The zero-order valence-corrected chi connectivity index (χ0v) is 22.3. The Kier molecular flexibility index (Phi) is 9.08. The number of nitrogens with zero attached hydrogens (tertiary/aromatic N) is 1. The number of rotatable bonds is 7. The molecule has 0 atom stereocenters. The van der Waals surface area contributed by atoms with Gasteiger partial charge < -0.3 is 16.0 Å². The van der Waals surface area contributed by atoms with E-state index >= 15 is 0 Å². The van der Waals surface area contributed by atoms with Crippen molar-refractivity contribution in [3.63, 3.8) is 0 Å². The van der Waals surface area contributed by atoms with E-state index < -0.39 is 5.91 Å². The first kappa shape index (κ1) is 26.7. The Labute approximate surface area is 216 Å². The molecular weight excluding hydrogens is 450 g/mol. The second-order valence-corrected chi connectivity index (χ2v) is 11.8. The van der Waals surface area contributed by atoms with Crippen molar-refractivity contribution in [1.82, 2.24) is 4.90 Å². The molecule has 198 valence electrons. The number of carbonyl (C=O) groups excluding carboxylic acids is 3. The summed E-state index contributed by atoms with van der Waals surface area (Å²) in [5.74, 6) is 0.670. The van der Waals surface area contributed by atoms with Gasteiger partial charge in [0.25, 0.3) is 5.91 Å². The summed E-state index contributed by atoms with van der Waals surface area (Å²) in [4.78, 5) is 41.4. The van der Waals surface area contributed by atoms with Crippen molar-refractivity contribution in [2.24, 2.45) is 23.5 Å². The number of amides is 3. The molecule has 0 spiro atoms. The van der Waals surface area contributed by atoms with Crippen LogP contribution < -0.4 is 11.1 Å². The average Bonchev–Trinajstić information content (AvgIpc) is 2.90. The summed E-state index contributed by atoms with van der Waals surface area (Å²) >= 11 is 0. The van der Waals surface area contributed by atoms with Gasteiger partial charge in [0.1, 0.15) is 0 Å². The molecule has 1 aromatic carbocycles. The lowest BCUT2D eigenvalue weighted by atomic mass is 9.76. The first-order valence-corrected chi connectivity index (χ1v) is 14.4. The van der Waals surface area contributed by atoms with E-state index in [0.717, 1.165) is 77.0 Å². The first-order chi connectivity index (χ1) is 17.3. The fourth-order valence-electron chi connectivity index (χ4n) is 6.76. The van der Waals surface area contributed by atoms with Gasteiger partial charge in [0.2, 0.25) is 11.8 Å². The lowest BCUT2D eigenvalue weighted by Gasteiger charge is -2.42. The van der Waals surface area contributed by atoms with Crippen LogP contribution in [0.15, 0.2) is 18.2 Å². The lowest BCUT2D eigenvalue weighted by molar-refractivity contribution is -0.121. The summed E-state index contributed by atoms with van der Waals surface area (Å²) in [7, 11) is 0. The predicted octanol–water partition coefficient (Wildman–Crippen LogP) is 6.29. The third-order valence-electron chi connectivity index (χ3n) is 8.99. The molecular formula is C30H45N3O3. The number of hydrogen-bond donors (Lipinski definition) is 2. The molecule has 0 heterocycles. The van der Waals surface area contributed by atoms with Crippen LogP contribution in [-0.2, 0) is 4.79 Å². The molecule has 3 saturated carbocycles. The Morgan fingerprint density at radius 1 is 0.778 bits per heavy atom. The van der Waals surface area contributed by atoms with Gasteiger partial charge in [-0.1, -0.05) is 52.4 Å². The van der Waals surface area contributed by atoms with Crippen LogP contribution in [0.2, 0.25) is 0 Å². The molecule has 3 amide bonds. The summed E-state index contributed by atoms with van der Waals surface area (Å²) in [6.45, 7) is 4.51. The molecule has 0 aliphatic heterocycles. The van der Waals surface area contributed by atoms with Gasteiger partial charge in [-0.05, 0) is 81.4 Å². The van der Waals surface area contributed by atoms with Crippen molar-refractivity contribution in [2.75, 3.05) is 5.32 Å². The van der Waals surface area contributed by atoms with Crippen molar-refractivity contribution in [1.29, 1.82) is 0 Å². The van der Waals surface area contributed by atoms with E-state index in [-0.39, 0.29) is 35.4 Å². The Morgan fingerprint density at radius 3 is 1.81 bits per heavy atom. The zero-order chi connectivity index (χ0) is 25.7. The molecule has 6 heteroatoms. The van der Waals surface area contributed by atoms with Gasteiger partial charge >= 0.3 is 0 Å². The van der Waals surface area contributed by atoms with Crippen molar-refractivity contribution in [3.8, 4) is 0 Å². The average molecular weight is 496 g/mol. The van der Waals surface area contributed by atoms with Crippen LogP contribution in [0.25, 0.3) is 0 Å². The maximum Gasteiger partial charge on any atom is 0.254 e. The van der Waals surface area contributed by atoms with Crippen molar-refractivity contribution >= 4 is 23.4 Å². The van der Waals surface area contributed by atoms with E-state index in [4.69, 9.17) is 5.73 Å². The lowest BCUT2D eigenvalue weighted by Crippen LogP contribution is -2.48. The minimum Gasteiger partial charge on any atom is -0.366 e. The molecule has 3 aliphatic rings. The largest absolute Gasteiger partial charge is 0.366 e. The molecule has 36 heavy (non-hydrogen) atoms. The van der Waals surface area contributed by atoms with Gasteiger partial charge in [0.15, 0.2) is 0 Å². The van der Waals surface area contributed by atoms with Crippen LogP contribution >= 0.6 is 0 Å². The molecule has 4 rings (SSSR count). The minimum atomic E-state index is -0.584. The molecule has 0 radical (unpaired) electrons. The SMILES string of the molecule is CC(C)C1CCC(C(=O)Nc2cc(C(N)=O)cc(C(=O)N(C3CCCCC3)C3CCCCC3)c2)CC1. The first-order valence-electron chi connectivity index (χ1n) is 14.4. The highest BCUT2D eigenvalue weighted by molar-refractivity contribution is 6.02. The molecule has 1 aromatic rings. The van der Waals surface area contributed by atoms with Gasteiger partial charge in [-0.15, -0.1) is 0 Å². The van der Waals surface area contributed by atoms with E-state index in [9.17, 15) is 14.4 Å². The topological polar surface area (TPSA) is 92.5 Å². The van der Waals surface area contributed by atoms with Gasteiger partial charge in [0, 0.05) is 34.8 Å². The van der Waals surface area contributed by atoms with Crippen LogP contribution in [-0.4, -0.2) is 34.7 Å². The van der Waals surface area contributed by atoms with Gasteiger partial charge in [-0.25, -0.2) is 0 Å². The minimum absolute atomic E-state index is 0.0198. The van der Waals surface area contributed by atoms with E-state index in [1.165, 1.54) is 12.8 Å². The molecule has 0 bridgehead atoms. The fraction of sp³-hybridized carbons (Fsp3) is 0.700. The van der Waals surface area contributed by atoms with Crippen molar-refractivity contribution in [3.05, 3.63) is 29.3 Å². The Hall–Kier alpha value is -2.37. The van der Waals surface area contributed by atoms with Gasteiger partial charge in [-0.3, -0.25) is 14.4 Å². The number of nitrogens with two attached hydrogens (primary N) is 1. The monoisotopic (exact) mass is 495 g/mol. The third kappa shape index (κ3) is 6.49. The van der Waals surface area contributed by atoms with Gasteiger partial charge in [-0.2, -0.15) is 0 Å². The number of anilines is 1. The number of hydrogen-bond acceptors (Lipinski definition) is 3. The van der Waals surface area contributed by atoms with Crippen LogP contribution in [0.4, 0.5) is 5.69 Å². The van der Waals surface area contributed by atoms with Crippen molar-refractivity contribution in [2.45, 2.75) is 116 Å². The van der Waals surface area contributed by atoms with Crippen LogP contribution in [0.3, 0.4) is 0 Å². The summed E-state index contributed by atoms with van der Waals surface area (Å²) in [5, 5.41) is 3.03. The summed E-state index contributed by atoms with van der Waals surface area (Å²) in [6.07, 6.45) is 15.2. The molecule has 0 aromatic heterocycles. The molecule has 3 aliphatic carbocycles. The van der Waals surface area contributed by atoms with Crippen molar-refractivity contribution < 1.29 is 14.4 Å². The quantitative estimate of drug-likeness (QED) is 0.465. The van der Waals surface area contributed by atoms with Crippen LogP contribution in [0, 0.1) is 17.8 Å². The second kappa shape index (κ2) is 12.2. The van der Waals surface area contributed by atoms with E-state index in [1.54, 1.807) is 18.2 Å². The molecule has 6 nitrogen and oxygen atoms in total. The Bertz CT molecular complexity index is 905.